The molecule has 0 heterocycles. The highest BCUT2D eigenvalue weighted by atomic mass is 19.1. The lowest BCUT2D eigenvalue weighted by molar-refractivity contribution is -0.252. The molecule has 0 bridgehead atoms. The first-order chi connectivity index (χ1) is 15.4. The van der Waals surface area contributed by atoms with Crippen LogP contribution in [0.15, 0.2) is 0 Å². The maximum atomic E-state index is 15.9. The molecule has 0 amide bonds. The highest BCUT2D eigenvalue weighted by Gasteiger charge is 2.68. The van der Waals surface area contributed by atoms with Crippen LogP contribution in [-0.4, -0.2) is 29.0 Å². The molecular weight excluding hydrogens is 415 g/mol. The third-order valence-corrected chi connectivity index (χ3v) is 11.3. The summed E-state index contributed by atoms with van der Waals surface area (Å²) in [5.74, 6) is 3.28. The first-order valence-electron chi connectivity index (χ1n) is 14.0. The molecule has 4 fully saturated rings. The molecular formula is C29H49FO3. The molecule has 0 aromatic carbocycles. The van der Waals surface area contributed by atoms with Gasteiger partial charge >= 0.3 is 5.97 Å². The predicted octanol–water partition coefficient (Wildman–Crippen LogP) is 7.10. The van der Waals surface area contributed by atoms with Crippen molar-refractivity contribution in [3.05, 3.63) is 0 Å². The van der Waals surface area contributed by atoms with Crippen molar-refractivity contribution in [2.45, 2.75) is 130 Å². The van der Waals surface area contributed by atoms with E-state index in [1.165, 1.54) is 45.4 Å². The number of rotatable bonds is 6. The van der Waals surface area contributed by atoms with Gasteiger partial charge in [-0.25, -0.2) is 4.39 Å². The average molecular weight is 465 g/mol. The normalized spacial score (nSPS) is 48.0. The summed E-state index contributed by atoms with van der Waals surface area (Å²) >= 11 is 0. The molecule has 4 aliphatic rings. The lowest BCUT2D eigenvalue weighted by Crippen LogP contribution is -2.67. The van der Waals surface area contributed by atoms with Crippen LogP contribution in [-0.2, 0) is 9.53 Å². The molecule has 0 unspecified atom stereocenters. The van der Waals surface area contributed by atoms with Gasteiger partial charge in [0, 0.05) is 18.8 Å². The Labute approximate surface area is 201 Å². The van der Waals surface area contributed by atoms with E-state index in [4.69, 9.17) is 4.74 Å². The van der Waals surface area contributed by atoms with E-state index in [1.807, 2.05) is 0 Å². The summed E-state index contributed by atoms with van der Waals surface area (Å²) in [5, 5.41) is 11.8. The van der Waals surface area contributed by atoms with Gasteiger partial charge in [0.1, 0.15) is 17.9 Å². The van der Waals surface area contributed by atoms with Crippen molar-refractivity contribution >= 4 is 5.97 Å². The Bertz CT molecular complexity index is 724. The molecule has 10 atom stereocenters. The van der Waals surface area contributed by atoms with Crippen molar-refractivity contribution < 1.29 is 19.0 Å². The summed E-state index contributed by atoms with van der Waals surface area (Å²) in [4.78, 5) is 11.5. The Balaban J connectivity index is 1.51. The Morgan fingerprint density at radius 2 is 1.79 bits per heavy atom. The maximum Gasteiger partial charge on any atom is 0.302 e. The summed E-state index contributed by atoms with van der Waals surface area (Å²) in [5.41, 5.74) is -1.48. The fourth-order valence-corrected chi connectivity index (χ4v) is 9.55. The molecule has 0 spiro atoms. The molecule has 4 saturated carbocycles. The van der Waals surface area contributed by atoms with Crippen molar-refractivity contribution in [1.29, 1.82) is 0 Å². The van der Waals surface area contributed by atoms with Crippen LogP contribution in [0.25, 0.3) is 0 Å². The van der Waals surface area contributed by atoms with Gasteiger partial charge in [-0.05, 0) is 85.9 Å². The second-order valence-corrected chi connectivity index (χ2v) is 13.4. The summed E-state index contributed by atoms with van der Waals surface area (Å²) in [6.45, 7) is 13.2. The Morgan fingerprint density at radius 1 is 1.06 bits per heavy atom. The molecule has 190 valence electrons. The molecule has 0 saturated heterocycles. The first kappa shape index (κ1) is 25.5. The van der Waals surface area contributed by atoms with Crippen LogP contribution in [0.1, 0.15) is 112 Å². The summed E-state index contributed by atoms with van der Waals surface area (Å²) in [6, 6.07) is 0. The van der Waals surface area contributed by atoms with E-state index < -0.39 is 17.2 Å². The summed E-state index contributed by atoms with van der Waals surface area (Å²) < 4.78 is 21.4. The topological polar surface area (TPSA) is 46.5 Å². The van der Waals surface area contributed by atoms with E-state index in [0.29, 0.717) is 29.6 Å². The van der Waals surface area contributed by atoms with Gasteiger partial charge in [-0.1, -0.05) is 53.9 Å². The molecule has 0 radical (unpaired) electrons. The van der Waals surface area contributed by atoms with Crippen molar-refractivity contribution in [1.82, 2.24) is 0 Å². The maximum absolute atomic E-state index is 15.9. The molecule has 0 aromatic rings. The summed E-state index contributed by atoms with van der Waals surface area (Å²) in [6.07, 6.45) is 9.45. The van der Waals surface area contributed by atoms with E-state index in [2.05, 4.69) is 34.6 Å². The molecule has 0 aromatic heterocycles. The van der Waals surface area contributed by atoms with Crippen LogP contribution in [0.3, 0.4) is 0 Å². The van der Waals surface area contributed by atoms with E-state index in [1.54, 1.807) is 0 Å². The van der Waals surface area contributed by atoms with Gasteiger partial charge in [0.2, 0.25) is 0 Å². The van der Waals surface area contributed by atoms with Gasteiger partial charge in [0.25, 0.3) is 0 Å². The molecule has 4 aliphatic carbocycles. The second-order valence-electron chi connectivity index (χ2n) is 13.4. The van der Waals surface area contributed by atoms with Crippen molar-refractivity contribution in [2.24, 2.45) is 46.3 Å². The fourth-order valence-electron chi connectivity index (χ4n) is 9.55. The minimum atomic E-state index is -1.37. The van der Waals surface area contributed by atoms with Crippen molar-refractivity contribution in [3.8, 4) is 0 Å². The first-order valence-corrected chi connectivity index (χ1v) is 14.0. The lowest BCUT2D eigenvalue weighted by Gasteiger charge is -2.65. The monoisotopic (exact) mass is 464 g/mol. The number of aliphatic hydroxyl groups is 1. The van der Waals surface area contributed by atoms with Crippen molar-refractivity contribution in [3.63, 3.8) is 0 Å². The van der Waals surface area contributed by atoms with E-state index in [0.717, 1.165) is 37.0 Å². The minimum absolute atomic E-state index is 0.255. The fraction of sp³-hybridized carbons (Fsp3) is 0.966. The van der Waals surface area contributed by atoms with Gasteiger partial charge in [-0.2, -0.15) is 0 Å². The number of halogens is 1. The predicted molar refractivity (Wildman–Crippen MR) is 130 cm³/mol. The third-order valence-electron chi connectivity index (χ3n) is 11.3. The highest BCUT2D eigenvalue weighted by Crippen LogP contribution is 2.69. The smallest absolute Gasteiger partial charge is 0.302 e. The molecule has 33 heavy (non-hydrogen) atoms. The van der Waals surface area contributed by atoms with Gasteiger partial charge < -0.3 is 9.84 Å². The Kier molecular flexibility index (Phi) is 7.02. The number of esters is 1. The van der Waals surface area contributed by atoms with Crippen LogP contribution in [0.2, 0.25) is 0 Å². The summed E-state index contributed by atoms with van der Waals surface area (Å²) in [7, 11) is 0. The number of alkyl halides is 1. The van der Waals surface area contributed by atoms with Crippen LogP contribution < -0.4 is 0 Å². The zero-order valence-corrected chi connectivity index (χ0v) is 22.0. The van der Waals surface area contributed by atoms with Gasteiger partial charge in [0.15, 0.2) is 0 Å². The van der Waals surface area contributed by atoms with Crippen LogP contribution in [0.4, 0.5) is 4.39 Å². The van der Waals surface area contributed by atoms with Gasteiger partial charge in [-0.15, -0.1) is 0 Å². The van der Waals surface area contributed by atoms with Gasteiger partial charge in [-0.3, -0.25) is 4.79 Å². The number of carbonyl (C=O) groups is 1. The van der Waals surface area contributed by atoms with Gasteiger partial charge in [0.05, 0.1) is 0 Å². The van der Waals surface area contributed by atoms with E-state index in [9.17, 15) is 9.90 Å². The largest absolute Gasteiger partial charge is 0.462 e. The Hall–Kier alpha value is -0.640. The lowest BCUT2D eigenvalue weighted by atomic mass is 9.42. The molecule has 1 N–H and O–H groups in total. The zero-order valence-electron chi connectivity index (χ0n) is 22.0. The zero-order chi connectivity index (χ0) is 24.2. The highest BCUT2D eigenvalue weighted by molar-refractivity contribution is 5.66. The van der Waals surface area contributed by atoms with E-state index in [-0.39, 0.29) is 18.5 Å². The molecule has 4 rings (SSSR count). The van der Waals surface area contributed by atoms with Crippen LogP contribution in [0, 0.1) is 46.3 Å². The number of ether oxygens (including phenoxy) is 1. The molecule has 3 nitrogen and oxygen atoms in total. The van der Waals surface area contributed by atoms with Crippen LogP contribution in [0.5, 0.6) is 0 Å². The van der Waals surface area contributed by atoms with Crippen LogP contribution >= 0.6 is 0 Å². The number of carbonyl (C=O) groups excluding carboxylic acids is 1. The van der Waals surface area contributed by atoms with E-state index >= 15 is 4.39 Å². The number of hydrogen-bond acceptors (Lipinski definition) is 3. The number of hydrogen-bond donors (Lipinski definition) is 1. The molecule has 4 heteroatoms. The van der Waals surface area contributed by atoms with Crippen molar-refractivity contribution in [2.75, 3.05) is 0 Å². The minimum Gasteiger partial charge on any atom is -0.462 e. The second kappa shape index (κ2) is 9.10. The average Bonchev–Trinajstić information content (AvgIpc) is 3.07. The quantitative estimate of drug-likeness (QED) is 0.426. The third kappa shape index (κ3) is 4.19. The Morgan fingerprint density at radius 3 is 2.45 bits per heavy atom. The molecule has 0 aliphatic heterocycles. The SMILES string of the molecule is CC(=O)O[C@@H]1CC[C@]2(C)[C@H]3CC[C@]4(C)[C@@H]([C@H](C)CCCC(C)C)CC[C@H]4[C@@H]3C[C@@H](F)[C@@]2(O)C1. The standard InChI is InChI=1S/C29H49FO3/c1-18(2)8-7-9-19(3)23-10-11-24-22-16-26(30)29(32)17-21(33-20(4)31)12-15-28(29,6)25(22)13-14-27(23,24)5/h18-19,21-26,32H,7-17H2,1-6H3/t19-,21-,22+,23-,24+,25+,26-,27-,28-,29+/m1/s1. The number of fused-ring (bicyclic) bond motifs is 5.